The molecule has 1 N–H and O–H groups in total. The first kappa shape index (κ1) is 13.1. The first-order valence-electron chi connectivity index (χ1n) is 5.06. The van der Waals surface area contributed by atoms with Gasteiger partial charge in [-0.2, -0.15) is 5.26 Å². The molecule has 0 bridgehead atoms. The fraction of sp³-hybridized carbons (Fsp3) is 0.455. The van der Waals surface area contributed by atoms with Crippen LogP contribution in [0.1, 0.15) is 25.7 Å². The van der Waals surface area contributed by atoms with Crippen LogP contribution in [0.5, 0.6) is 0 Å². The van der Waals surface area contributed by atoms with E-state index in [0.717, 1.165) is 36.2 Å². The zero-order chi connectivity index (χ0) is 12.0. The number of hydrogen-bond donors (Lipinski definition) is 2. The van der Waals surface area contributed by atoms with E-state index in [4.69, 9.17) is 16.9 Å². The Labute approximate surface area is 106 Å². The van der Waals surface area contributed by atoms with Crippen LogP contribution in [0, 0.1) is 11.3 Å². The maximum Gasteiger partial charge on any atom is 0.238 e. The topological polar surface area (TPSA) is 52.9 Å². The molecule has 0 saturated carbocycles. The second-order valence-corrected chi connectivity index (χ2v) is 4.31. The van der Waals surface area contributed by atoms with Crippen molar-refractivity contribution in [1.82, 2.24) is 5.32 Å². The van der Waals surface area contributed by atoms with Gasteiger partial charge in [-0.1, -0.05) is 0 Å². The predicted molar refractivity (Wildman–Crippen MR) is 67.0 cm³/mol. The standard InChI is InChI=1S/C11H13ClN2OS/c12-5-11(15)14-7-8(6-13)9-3-1-2-4-10(9)16/h7,16H,1-5H2,(H,14,15)/b8-7+. The first-order chi connectivity index (χ1) is 7.69. The van der Waals surface area contributed by atoms with Gasteiger partial charge in [0.15, 0.2) is 0 Å². The fourth-order valence-electron chi connectivity index (χ4n) is 1.56. The Kier molecular flexibility index (Phi) is 5.44. The van der Waals surface area contributed by atoms with E-state index in [-0.39, 0.29) is 11.8 Å². The highest BCUT2D eigenvalue weighted by Crippen LogP contribution is 2.31. The summed E-state index contributed by atoms with van der Waals surface area (Å²) in [6, 6.07) is 2.08. The zero-order valence-electron chi connectivity index (χ0n) is 8.79. The highest BCUT2D eigenvalue weighted by atomic mass is 35.5. The minimum absolute atomic E-state index is 0.109. The number of carbonyl (C=O) groups is 1. The number of nitrogens with one attached hydrogen (secondary N) is 1. The second-order valence-electron chi connectivity index (χ2n) is 3.50. The van der Waals surface area contributed by atoms with Crippen molar-refractivity contribution in [2.24, 2.45) is 0 Å². The summed E-state index contributed by atoms with van der Waals surface area (Å²) in [7, 11) is 0. The highest BCUT2D eigenvalue weighted by Gasteiger charge is 2.14. The number of halogens is 1. The third kappa shape index (κ3) is 3.58. The van der Waals surface area contributed by atoms with Gasteiger partial charge in [0.05, 0.1) is 5.57 Å². The quantitative estimate of drug-likeness (QED) is 0.463. The van der Waals surface area contributed by atoms with Crippen molar-refractivity contribution in [2.45, 2.75) is 25.7 Å². The lowest BCUT2D eigenvalue weighted by atomic mass is 9.94. The maximum absolute atomic E-state index is 11.0. The lowest BCUT2D eigenvalue weighted by Crippen LogP contribution is -2.19. The smallest absolute Gasteiger partial charge is 0.238 e. The third-order valence-corrected chi connectivity index (χ3v) is 3.12. The van der Waals surface area contributed by atoms with Gasteiger partial charge in [-0.25, -0.2) is 0 Å². The summed E-state index contributed by atoms with van der Waals surface area (Å²) in [5, 5.41) is 11.5. The van der Waals surface area contributed by atoms with Gasteiger partial charge in [0, 0.05) is 6.20 Å². The molecule has 1 aliphatic rings. The molecular formula is C11H13ClN2OS. The molecule has 1 aliphatic carbocycles. The number of carbonyl (C=O) groups excluding carboxylic acids is 1. The van der Waals surface area contributed by atoms with Crippen LogP contribution in [0.15, 0.2) is 22.3 Å². The molecular weight excluding hydrogens is 244 g/mol. The molecule has 86 valence electrons. The van der Waals surface area contributed by atoms with Crippen LogP contribution in [0.2, 0.25) is 0 Å². The van der Waals surface area contributed by atoms with Crippen molar-refractivity contribution >= 4 is 30.1 Å². The van der Waals surface area contributed by atoms with Gasteiger partial charge in [0.2, 0.25) is 5.91 Å². The fourth-order valence-corrected chi connectivity index (χ4v) is 2.03. The Hall–Kier alpha value is -0.920. The monoisotopic (exact) mass is 256 g/mol. The van der Waals surface area contributed by atoms with Gasteiger partial charge in [-0.15, -0.1) is 24.2 Å². The lowest BCUT2D eigenvalue weighted by molar-refractivity contribution is -0.117. The Bertz CT molecular complexity index is 382. The molecule has 1 amide bonds. The third-order valence-electron chi connectivity index (χ3n) is 2.38. The van der Waals surface area contributed by atoms with Crippen molar-refractivity contribution in [2.75, 3.05) is 5.88 Å². The number of nitrogens with zero attached hydrogens (tertiary/aromatic N) is 1. The molecule has 1 rings (SSSR count). The van der Waals surface area contributed by atoms with Gasteiger partial charge in [-0.3, -0.25) is 4.79 Å². The number of hydrogen-bond acceptors (Lipinski definition) is 3. The van der Waals surface area contributed by atoms with E-state index in [0.29, 0.717) is 5.57 Å². The average molecular weight is 257 g/mol. The predicted octanol–water partition coefficient (Wildman–Crippen LogP) is 2.51. The molecule has 3 nitrogen and oxygen atoms in total. The normalized spacial score (nSPS) is 16.9. The Morgan fingerprint density at radius 2 is 2.25 bits per heavy atom. The molecule has 0 unspecified atom stereocenters. The van der Waals surface area contributed by atoms with Crippen LogP contribution in [-0.4, -0.2) is 11.8 Å². The largest absolute Gasteiger partial charge is 0.330 e. The van der Waals surface area contributed by atoms with E-state index in [1.54, 1.807) is 0 Å². The van der Waals surface area contributed by atoms with E-state index < -0.39 is 0 Å². The SMILES string of the molecule is N#C/C(=C\NC(=O)CCl)C1=C(S)CCCC1. The van der Waals surface area contributed by atoms with Crippen LogP contribution in [0.3, 0.4) is 0 Å². The van der Waals surface area contributed by atoms with Crippen molar-refractivity contribution < 1.29 is 4.79 Å². The molecule has 0 heterocycles. The van der Waals surface area contributed by atoms with Crippen LogP contribution >= 0.6 is 24.2 Å². The van der Waals surface area contributed by atoms with Gasteiger partial charge in [-0.05, 0) is 36.2 Å². The summed E-state index contributed by atoms with van der Waals surface area (Å²) in [6.07, 6.45) is 5.33. The molecule has 0 saturated heterocycles. The molecule has 0 aromatic heterocycles. The van der Waals surface area contributed by atoms with E-state index >= 15 is 0 Å². The summed E-state index contributed by atoms with van der Waals surface area (Å²) < 4.78 is 0. The number of nitriles is 1. The van der Waals surface area contributed by atoms with Crippen molar-refractivity contribution in [3.05, 3.63) is 22.3 Å². The van der Waals surface area contributed by atoms with Crippen molar-refractivity contribution in [3.63, 3.8) is 0 Å². The number of thiol groups is 1. The summed E-state index contributed by atoms with van der Waals surface area (Å²) in [5.74, 6) is -0.423. The number of rotatable bonds is 3. The minimum atomic E-state index is -0.313. The number of allylic oxidation sites excluding steroid dienone is 3. The average Bonchev–Trinajstić information content (AvgIpc) is 2.31. The number of amides is 1. The second kappa shape index (κ2) is 6.62. The van der Waals surface area contributed by atoms with Gasteiger partial charge >= 0.3 is 0 Å². The molecule has 0 spiro atoms. The minimum Gasteiger partial charge on any atom is -0.330 e. The summed E-state index contributed by atoms with van der Waals surface area (Å²) in [4.78, 5) is 11.9. The van der Waals surface area contributed by atoms with E-state index in [2.05, 4.69) is 24.0 Å². The molecule has 0 radical (unpaired) electrons. The lowest BCUT2D eigenvalue weighted by Gasteiger charge is -2.16. The van der Waals surface area contributed by atoms with Gasteiger partial charge in [0.1, 0.15) is 11.9 Å². The van der Waals surface area contributed by atoms with Gasteiger partial charge < -0.3 is 5.32 Å². The highest BCUT2D eigenvalue weighted by molar-refractivity contribution is 7.84. The summed E-state index contributed by atoms with van der Waals surface area (Å²) in [6.45, 7) is 0. The first-order valence-corrected chi connectivity index (χ1v) is 6.04. The van der Waals surface area contributed by atoms with Crippen LogP contribution < -0.4 is 5.32 Å². The van der Waals surface area contributed by atoms with Crippen LogP contribution in [0.4, 0.5) is 0 Å². The number of alkyl halides is 1. The molecule has 5 heteroatoms. The van der Waals surface area contributed by atoms with Crippen LogP contribution in [0.25, 0.3) is 0 Å². The molecule has 0 aromatic rings. The molecule has 0 aromatic carbocycles. The zero-order valence-corrected chi connectivity index (χ0v) is 10.4. The van der Waals surface area contributed by atoms with E-state index in [1.165, 1.54) is 6.20 Å². The Balaban J connectivity index is 2.82. The Morgan fingerprint density at radius 1 is 1.56 bits per heavy atom. The van der Waals surface area contributed by atoms with Crippen molar-refractivity contribution in [1.29, 1.82) is 5.26 Å². The molecule has 0 aliphatic heterocycles. The van der Waals surface area contributed by atoms with Gasteiger partial charge in [0.25, 0.3) is 0 Å². The summed E-state index contributed by atoms with van der Waals surface area (Å²) >= 11 is 9.71. The Morgan fingerprint density at radius 3 is 2.81 bits per heavy atom. The maximum atomic E-state index is 11.0. The van der Waals surface area contributed by atoms with Crippen molar-refractivity contribution in [3.8, 4) is 6.07 Å². The molecule has 0 fully saturated rings. The van der Waals surface area contributed by atoms with Crippen LogP contribution in [-0.2, 0) is 4.79 Å². The van der Waals surface area contributed by atoms with E-state index in [1.807, 2.05) is 0 Å². The van der Waals surface area contributed by atoms with E-state index in [9.17, 15) is 4.79 Å². The molecule has 0 atom stereocenters. The summed E-state index contributed by atoms with van der Waals surface area (Å²) in [5.41, 5.74) is 1.41. The molecule has 16 heavy (non-hydrogen) atoms.